The number of rotatable bonds is 4. The van der Waals surface area contributed by atoms with Crippen LogP contribution >= 0.6 is 0 Å². The number of ether oxygens (including phenoxy) is 2. The van der Waals surface area contributed by atoms with Gasteiger partial charge in [0, 0.05) is 0 Å². The van der Waals surface area contributed by atoms with Crippen LogP contribution in [0.5, 0.6) is 11.5 Å². The van der Waals surface area contributed by atoms with Gasteiger partial charge in [-0.25, -0.2) is 0 Å². The minimum atomic E-state index is 0.306. The Morgan fingerprint density at radius 1 is 0.600 bits per heavy atom. The molecule has 0 unspecified atom stereocenters. The Labute approximate surface area is 156 Å². The molecule has 3 heteroatoms. The van der Waals surface area contributed by atoms with Gasteiger partial charge in [-0.1, -0.05) is 0 Å². The van der Waals surface area contributed by atoms with Gasteiger partial charge in [-0.2, -0.15) is 0 Å². The van der Waals surface area contributed by atoms with Crippen LogP contribution in [0.1, 0.15) is 22.3 Å². The molecule has 0 aliphatic rings. The molecule has 0 spiro atoms. The van der Waals surface area contributed by atoms with E-state index >= 15 is 0 Å². The normalized spacial score (nSPS) is 10.8. The zero-order valence-electron chi connectivity index (χ0n) is 15.7. The van der Waals surface area contributed by atoms with Crippen LogP contribution in [0.3, 0.4) is 0 Å². The summed E-state index contributed by atoms with van der Waals surface area (Å²) in [7, 11) is 3.48. The predicted octanol–water partition coefficient (Wildman–Crippen LogP) is 5.33. The standard InChI is InChI=1S/C22H24O2Se/c1-13-9-17(10-14(2)21(13)23-5)19-7-8-20(25-19)18-11-15(3)22(24-6)16(4)12-18/h7-12H,1-6H3. The van der Waals surface area contributed by atoms with Gasteiger partial charge < -0.3 is 0 Å². The third-order valence-corrected chi connectivity index (χ3v) is 6.99. The molecule has 0 N–H and O–H groups in total. The second-order valence-corrected chi connectivity index (χ2v) is 8.72. The zero-order valence-corrected chi connectivity index (χ0v) is 17.4. The molecule has 1 heterocycles. The van der Waals surface area contributed by atoms with Crippen LogP contribution in [0.25, 0.3) is 20.0 Å². The molecule has 0 atom stereocenters. The minimum absolute atomic E-state index is 0.306. The Kier molecular flexibility index (Phi) is 5.08. The molecule has 0 saturated carbocycles. The Morgan fingerprint density at radius 2 is 0.920 bits per heavy atom. The van der Waals surface area contributed by atoms with Crippen molar-refractivity contribution in [3.63, 3.8) is 0 Å². The van der Waals surface area contributed by atoms with Gasteiger partial charge in [0.15, 0.2) is 0 Å². The molecule has 3 aromatic rings. The number of aryl methyl sites for hydroxylation is 4. The van der Waals surface area contributed by atoms with Crippen molar-refractivity contribution in [2.45, 2.75) is 27.7 Å². The fraction of sp³-hybridized carbons (Fsp3) is 0.273. The maximum atomic E-state index is 5.49. The van der Waals surface area contributed by atoms with Gasteiger partial charge in [0.1, 0.15) is 0 Å². The van der Waals surface area contributed by atoms with Gasteiger partial charge in [0.2, 0.25) is 0 Å². The van der Waals surface area contributed by atoms with Crippen molar-refractivity contribution >= 4 is 14.5 Å². The van der Waals surface area contributed by atoms with Crippen molar-refractivity contribution in [1.82, 2.24) is 0 Å². The summed E-state index contributed by atoms with van der Waals surface area (Å²) in [5.74, 6) is 1.98. The Hall–Kier alpha value is -1.96. The fourth-order valence-electron chi connectivity index (χ4n) is 3.48. The Morgan fingerprint density at radius 3 is 1.20 bits per heavy atom. The molecule has 1 aromatic heterocycles. The summed E-state index contributed by atoms with van der Waals surface area (Å²) < 4.78 is 13.8. The van der Waals surface area contributed by atoms with Gasteiger partial charge in [-0.05, 0) is 0 Å². The number of methoxy groups -OCH3 is 2. The van der Waals surface area contributed by atoms with E-state index in [-0.39, 0.29) is 0 Å². The molecule has 0 aliphatic carbocycles. The third kappa shape index (κ3) is 3.40. The van der Waals surface area contributed by atoms with E-state index in [1.807, 2.05) is 0 Å². The fourth-order valence-corrected chi connectivity index (χ4v) is 5.53. The zero-order chi connectivity index (χ0) is 18.1. The van der Waals surface area contributed by atoms with Gasteiger partial charge in [-0.15, -0.1) is 0 Å². The van der Waals surface area contributed by atoms with Crippen molar-refractivity contribution in [3.05, 3.63) is 58.7 Å². The molecular formula is C22H24O2Se. The average molecular weight is 399 g/mol. The van der Waals surface area contributed by atoms with Crippen molar-refractivity contribution in [1.29, 1.82) is 0 Å². The van der Waals surface area contributed by atoms with Crippen LogP contribution < -0.4 is 9.47 Å². The summed E-state index contributed by atoms with van der Waals surface area (Å²) in [4.78, 5) is 0. The Bertz CT molecular complexity index is 802. The molecule has 2 nitrogen and oxygen atoms in total. The summed E-state index contributed by atoms with van der Waals surface area (Å²) in [5.41, 5.74) is 7.39. The van der Waals surface area contributed by atoms with Crippen molar-refractivity contribution in [2.75, 3.05) is 14.2 Å². The first-order valence-electron chi connectivity index (χ1n) is 8.35. The SMILES string of the molecule is COc1c(C)cc(-c2ccc(-c3cc(C)c(OC)c(C)c3)[se]2)cc1C. The van der Waals surface area contributed by atoms with Crippen LogP contribution in [0.4, 0.5) is 0 Å². The molecule has 130 valence electrons. The molecule has 3 rings (SSSR count). The topological polar surface area (TPSA) is 18.5 Å². The van der Waals surface area contributed by atoms with Crippen molar-refractivity contribution < 1.29 is 9.47 Å². The van der Waals surface area contributed by atoms with E-state index in [9.17, 15) is 0 Å². The second kappa shape index (κ2) is 7.11. The molecular weight excluding hydrogens is 375 g/mol. The Balaban J connectivity index is 2.01. The van der Waals surface area contributed by atoms with Crippen molar-refractivity contribution in [2.24, 2.45) is 0 Å². The van der Waals surface area contributed by atoms with E-state index in [4.69, 9.17) is 9.47 Å². The average Bonchev–Trinajstić information content (AvgIpc) is 3.04. The van der Waals surface area contributed by atoms with E-state index in [1.54, 1.807) is 14.2 Å². The molecule has 0 radical (unpaired) electrons. The molecule has 25 heavy (non-hydrogen) atoms. The van der Waals surface area contributed by atoms with E-state index in [0.717, 1.165) is 11.5 Å². The van der Waals surface area contributed by atoms with Crippen LogP contribution in [-0.2, 0) is 0 Å². The predicted molar refractivity (Wildman–Crippen MR) is 106 cm³/mol. The van der Waals surface area contributed by atoms with Gasteiger partial charge in [0.25, 0.3) is 0 Å². The van der Waals surface area contributed by atoms with E-state index < -0.39 is 0 Å². The summed E-state index contributed by atoms with van der Waals surface area (Å²) >= 11 is 0.306. The van der Waals surface area contributed by atoms with Gasteiger partial charge in [0.05, 0.1) is 0 Å². The molecule has 0 bridgehead atoms. The van der Waals surface area contributed by atoms with E-state index in [0.29, 0.717) is 14.5 Å². The molecule has 2 aromatic carbocycles. The summed E-state index contributed by atoms with van der Waals surface area (Å²) in [6.07, 6.45) is 0. The second-order valence-electron chi connectivity index (χ2n) is 6.45. The molecule has 0 aliphatic heterocycles. The van der Waals surface area contributed by atoms with Gasteiger partial charge in [-0.3, -0.25) is 0 Å². The summed E-state index contributed by atoms with van der Waals surface area (Å²) in [5, 5.41) is 0. The monoisotopic (exact) mass is 400 g/mol. The third-order valence-electron chi connectivity index (χ3n) is 4.50. The first kappa shape index (κ1) is 17.8. The molecule has 0 saturated heterocycles. The van der Waals surface area contributed by atoms with Crippen LogP contribution in [0, 0.1) is 27.7 Å². The first-order chi connectivity index (χ1) is 11.9. The van der Waals surface area contributed by atoms with E-state index in [2.05, 4.69) is 64.1 Å². The number of benzene rings is 2. The molecule has 0 amide bonds. The van der Waals surface area contributed by atoms with Crippen molar-refractivity contribution in [3.8, 4) is 31.5 Å². The number of hydrogen-bond acceptors (Lipinski definition) is 2. The quantitative estimate of drug-likeness (QED) is 0.552. The summed E-state index contributed by atoms with van der Waals surface area (Å²) in [6.45, 7) is 8.45. The first-order valence-corrected chi connectivity index (χ1v) is 10.1. The molecule has 0 fully saturated rings. The van der Waals surface area contributed by atoms with Crippen LogP contribution in [-0.4, -0.2) is 28.7 Å². The number of hydrogen-bond donors (Lipinski definition) is 0. The van der Waals surface area contributed by atoms with E-state index in [1.165, 1.54) is 42.3 Å². The van der Waals surface area contributed by atoms with Gasteiger partial charge >= 0.3 is 156 Å². The van der Waals surface area contributed by atoms with Crippen LogP contribution in [0.2, 0.25) is 0 Å². The van der Waals surface area contributed by atoms with Crippen LogP contribution in [0.15, 0.2) is 36.4 Å². The summed E-state index contributed by atoms with van der Waals surface area (Å²) in [6, 6.07) is 13.5. The maximum absolute atomic E-state index is 5.49.